The van der Waals surface area contributed by atoms with Gasteiger partial charge < -0.3 is 9.47 Å². The molecule has 1 rings (SSSR count). The molecule has 0 unspecified atom stereocenters. The van der Waals surface area contributed by atoms with Crippen LogP contribution in [0.25, 0.3) is 0 Å². The lowest BCUT2D eigenvalue weighted by Gasteiger charge is -2.12. The third-order valence-corrected chi connectivity index (χ3v) is 1.92. The number of rotatable bonds is 3. The molecule has 3 nitrogen and oxygen atoms in total. The van der Waals surface area contributed by atoms with E-state index in [1.165, 1.54) is 27.3 Å². The fourth-order valence-electron chi connectivity index (χ4n) is 1.22. The normalized spacial score (nSPS) is 10.4. The maximum absolute atomic E-state index is 12.6. The molecule has 0 amide bonds. The molecule has 1 aromatic rings. The lowest BCUT2D eigenvalue weighted by atomic mass is 10.1. The van der Waals surface area contributed by atoms with Crippen LogP contribution < -0.4 is 9.47 Å². The van der Waals surface area contributed by atoms with Crippen molar-refractivity contribution in [2.24, 2.45) is 0 Å². The van der Waals surface area contributed by atoms with Crippen LogP contribution in [0.1, 0.15) is 17.6 Å². The van der Waals surface area contributed by atoms with Crippen molar-refractivity contribution in [1.29, 1.82) is 0 Å². The molecule has 5 heteroatoms. The van der Waals surface area contributed by atoms with Gasteiger partial charge in [-0.1, -0.05) is 0 Å². The average Bonchev–Trinajstić information content (AvgIpc) is 2.16. The molecule has 0 saturated carbocycles. The molecular formula is C9H11F2NO2. The Balaban J connectivity index is 3.31. The van der Waals surface area contributed by atoms with Gasteiger partial charge in [-0.05, 0) is 6.92 Å². The number of alkyl halides is 2. The van der Waals surface area contributed by atoms with E-state index in [0.29, 0.717) is 5.56 Å². The van der Waals surface area contributed by atoms with E-state index in [2.05, 4.69) is 4.98 Å². The maximum atomic E-state index is 12.6. The van der Waals surface area contributed by atoms with Crippen molar-refractivity contribution in [3.8, 4) is 11.6 Å². The minimum Gasteiger partial charge on any atom is -0.495 e. The Bertz CT molecular complexity index is 329. The second-order valence-electron chi connectivity index (χ2n) is 2.68. The quantitative estimate of drug-likeness (QED) is 0.755. The number of methoxy groups -OCH3 is 2. The number of hydrogen-bond donors (Lipinski definition) is 0. The Morgan fingerprint density at radius 3 is 2.36 bits per heavy atom. The molecule has 0 bridgehead atoms. The summed E-state index contributed by atoms with van der Waals surface area (Å²) in [7, 11) is 2.71. The molecule has 0 fully saturated rings. The molecule has 0 aromatic carbocycles. The SMILES string of the molecule is COc1cnc(OC)c(C)c1C(F)F. The zero-order chi connectivity index (χ0) is 10.7. The Morgan fingerprint density at radius 1 is 1.29 bits per heavy atom. The van der Waals surface area contributed by atoms with Gasteiger partial charge in [-0.2, -0.15) is 0 Å². The molecule has 1 aromatic heterocycles. The highest BCUT2D eigenvalue weighted by Crippen LogP contribution is 2.34. The van der Waals surface area contributed by atoms with E-state index < -0.39 is 6.43 Å². The Hall–Kier alpha value is -1.39. The summed E-state index contributed by atoms with van der Waals surface area (Å²) in [5.74, 6) is 0.277. The largest absolute Gasteiger partial charge is 0.495 e. The minimum atomic E-state index is -2.60. The van der Waals surface area contributed by atoms with Crippen LogP contribution in [0, 0.1) is 6.92 Å². The van der Waals surface area contributed by atoms with Crippen molar-refractivity contribution < 1.29 is 18.3 Å². The van der Waals surface area contributed by atoms with Crippen LogP contribution in [-0.4, -0.2) is 19.2 Å². The first-order chi connectivity index (χ1) is 6.61. The fraction of sp³-hybridized carbons (Fsp3) is 0.444. The molecule has 14 heavy (non-hydrogen) atoms. The molecule has 0 aliphatic rings. The van der Waals surface area contributed by atoms with Crippen molar-refractivity contribution in [1.82, 2.24) is 4.98 Å². The summed E-state index contributed by atoms with van der Waals surface area (Å²) < 4.78 is 34.9. The average molecular weight is 203 g/mol. The van der Waals surface area contributed by atoms with Crippen LogP contribution in [0.5, 0.6) is 11.6 Å². The van der Waals surface area contributed by atoms with Crippen molar-refractivity contribution >= 4 is 0 Å². The monoisotopic (exact) mass is 203 g/mol. The van der Waals surface area contributed by atoms with E-state index in [4.69, 9.17) is 9.47 Å². The molecule has 78 valence electrons. The number of halogens is 2. The van der Waals surface area contributed by atoms with E-state index in [0.717, 1.165) is 0 Å². The van der Waals surface area contributed by atoms with Gasteiger partial charge in [0.05, 0.1) is 26.0 Å². The Labute approximate surface area is 80.7 Å². The molecule has 0 N–H and O–H groups in total. The lowest BCUT2D eigenvalue weighted by Crippen LogP contribution is -2.00. The zero-order valence-electron chi connectivity index (χ0n) is 8.17. The second kappa shape index (κ2) is 4.21. The zero-order valence-corrected chi connectivity index (χ0v) is 8.17. The van der Waals surface area contributed by atoms with Gasteiger partial charge in [0.25, 0.3) is 6.43 Å². The standard InChI is InChI=1S/C9H11F2NO2/c1-5-7(8(10)11)6(13-2)4-12-9(5)14-3/h4,8H,1-3H3. The van der Waals surface area contributed by atoms with Crippen LogP contribution >= 0.6 is 0 Å². The molecular weight excluding hydrogens is 192 g/mol. The highest BCUT2D eigenvalue weighted by molar-refractivity contribution is 5.43. The minimum absolute atomic E-state index is 0.0818. The first-order valence-electron chi connectivity index (χ1n) is 3.97. The van der Waals surface area contributed by atoms with E-state index >= 15 is 0 Å². The molecule has 0 aliphatic heterocycles. The first kappa shape index (κ1) is 10.7. The number of ether oxygens (including phenoxy) is 2. The summed E-state index contributed by atoms with van der Waals surface area (Å²) >= 11 is 0. The third kappa shape index (κ3) is 1.76. The maximum Gasteiger partial charge on any atom is 0.267 e. The molecule has 0 aliphatic carbocycles. The Morgan fingerprint density at radius 2 is 1.93 bits per heavy atom. The van der Waals surface area contributed by atoms with E-state index in [1.54, 1.807) is 0 Å². The van der Waals surface area contributed by atoms with E-state index in [-0.39, 0.29) is 17.2 Å². The molecule has 0 radical (unpaired) electrons. The van der Waals surface area contributed by atoms with Crippen molar-refractivity contribution in [3.63, 3.8) is 0 Å². The summed E-state index contributed by atoms with van der Waals surface area (Å²) in [4.78, 5) is 3.83. The first-order valence-corrected chi connectivity index (χ1v) is 3.97. The van der Waals surface area contributed by atoms with Gasteiger partial charge in [0.2, 0.25) is 5.88 Å². The van der Waals surface area contributed by atoms with Crippen LogP contribution in [0.4, 0.5) is 8.78 Å². The van der Waals surface area contributed by atoms with Gasteiger partial charge in [-0.15, -0.1) is 0 Å². The highest BCUT2D eigenvalue weighted by atomic mass is 19.3. The van der Waals surface area contributed by atoms with Gasteiger partial charge in [0.1, 0.15) is 5.75 Å². The van der Waals surface area contributed by atoms with Crippen molar-refractivity contribution in [3.05, 3.63) is 17.3 Å². The second-order valence-corrected chi connectivity index (χ2v) is 2.68. The van der Waals surface area contributed by atoms with Crippen LogP contribution in [0.3, 0.4) is 0 Å². The summed E-state index contributed by atoms with van der Waals surface area (Å²) in [5, 5.41) is 0. The third-order valence-electron chi connectivity index (χ3n) is 1.92. The van der Waals surface area contributed by atoms with Crippen LogP contribution in [0.15, 0.2) is 6.20 Å². The van der Waals surface area contributed by atoms with Gasteiger partial charge in [-0.3, -0.25) is 0 Å². The predicted octanol–water partition coefficient (Wildman–Crippen LogP) is 2.34. The predicted molar refractivity (Wildman–Crippen MR) is 47.0 cm³/mol. The smallest absolute Gasteiger partial charge is 0.267 e. The summed E-state index contributed by atoms with van der Waals surface area (Å²) in [6.45, 7) is 1.52. The summed E-state index contributed by atoms with van der Waals surface area (Å²) in [6.07, 6.45) is -1.37. The van der Waals surface area contributed by atoms with Gasteiger partial charge in [0.15, 0.2) is 0 Å². The summed E-state index contributed by atoms with van der Waals surface area (Å²) in [6, 6.07) is 0. The molecule has 0 spiro atoms. The van der Waals surface area contributed by atoms with Crippen LogP contribution in [-0.2, 0) is 0 Å². The number of nitrogens with zero attached hydrogens (tertiary/aromatic N) is 1. The van der Waals surface area contributed by atoms with E-state index in [9.17, 15) is 8.78 Å². The van der Waals surface area contributed by atoms with Crippen molar-refractivity contribution in [2.75, 3.05) is 14.2 Å². The lowest BCUT2D eigenvalue weighted by molar-refractivity contribution is 0.145. The van der Waals surface area contributed by atoms with Crippen LogP contribution in [0.2, 0.25) is 0 Å². The Kier molecular flexibility index (Phi) is 3.22. The molecule has 0 atom stereocenters. The summed E-state index contributed by atoms with van der Waals surface area (Å²) in [5.41, 5.74) is 0.140. The highest BCUT2D eigenvalue weighted by Gasteiger charge is 2.20. The van der Waals surface area contributed by atoms with E-state index in [1.807, 2.05) is 0 Å². The van der Waals surface area contributed by atoms with Gasteiger partial charge >= 0.3 is 0 Å². The van der Waals surface area contributed by atoms with Gasteiger partial charge in [-0.25, -0.2) is 13.8 Å². The topological polar surface area (TPSA) is 31.4 Å². The molecule has 1 heterocycles. The number of aromatic nitrogens is 1. The van der Waals surface area contributed by atoms with Gasteiger partial charge in [0, 0.05) is 5.56 Å². The number of hydrogen-bond acceptors (Lipinski definition) is 3. The van der Waals surface area contributed by atoms with Crippen molar-refractivity contribution in [2.45, 2.75) is 13.3 Å². The molecule has 0 saturated heterocycles. The number of pyridine rings is 1. The fourth-order valence-corrected chi connectivity index (χ4v) is 1.22.